The van der Waals surface area contributed by atoms with Crippen molar-refractivity contribution in [2.45, 2.75) is 39.8 Å². The van der Waals surface area contributed by atoms with Crippen LogP contribution in [-0.4, -0.2) is 59.0 Å². The van der Waals surface area contributed by atoms with Crippen LogP contribution in [-0.2, 0) is 24.8 Å². The van der Waals surface area contributed by atoms with Crippen molar-refractivity contribution in [1.82, 2.24) is 19.4 Å². The van der Waals surface area contributed by atoms with E-state index in [9.17, 15) is 19.6 Å². The van der Waals surface area contributed by atoms with Gasteiger partial charge in [-0.05, 0) is 108 Å². The van der Waals surface area contributed by atoms with E-state index in [-0.39, 0.29) is 35.5 Å². The Labute approximate surface area is 294 Å². The van der Waals surface area contributed by atoms with Crippen LogP contribution in [0.15, 0.2) is 69.7 Å². The molecular formula is C38H38BrN5O5. The van der Waals surface area contributed by atoms with Gasteiger partial charge in [-0.3, -0.25) is 14.4 Å². The van der Waals surface area contributed by atoms with Crippen molar-refractivity contribution in [2.75, 3.05) is 27.8 Å². The van der Waals surface area contributed by atoms with Crippen LogP contribution in [0.4, 0.5) is 0 Å². The topological polar surface area (TPSA) is 118 Å². The molecule has 10 nitrogen and oxygen atoms in total. The lowest BCUT2D eigenvalue weighted by molar-refractivity contribution is -0.129. The number of ether oxygens (including phenoxy) is 2. The predicted octanol–water partition coefficient (Wildman–Crippen LogP) is 6.17. The second-order valence-electron chi connectivity index (χ2n) is 12.1. The molecular weight excluding hydrogens is 686 g/mol. The van der Waals surface area contributed by atoms with Crippen LogP contribution >= 0.6 is 15.9 Å². The molecule has 4 aromatic rings. The molecule has 2 amide bonds. The molecule has 49 heavy (non-hydrogen) atoms. The molecule has 1 atom stereocenters. The Kier molecular flexibility index (Phi) is 10.4. The van der Waals surface area contributed by atoms with Gasteiger partial charge in [0.25, 0.3) is 17.4 Å². The number of methoxy groups -OCH3 is 2. The number of aryl methyl sites for hydroxylation is 1. The van der Waals surface area contributed by atoms with E-state index < -0.39 is 0 Å². The number of rotatable bonds is 8. The number of fused-ring (bicyclic) bond motifs is 1. The van der Waals surface area contributed by atoms with Gasteiger partial charge in [-0.2, -0.15) is 5.26 Å². The summed E-state index contributed by atoms with van der Waals surface area (Å²) in [4.78, 5) is 47.3. The Bertz CT molecular complexity index is 2070. The van der Waals surface area contributed by atoms with Gasteiger partial charge in [-0.25, -0.2) is 4.98 Å². The molecule has 1 aliphatic heterocycles. The van der Waals surface area contributed by atoms with Gasteiger partial charge >= 0.3 is 0 Å². The number of halogens is 1. The summed E-state index contributed by atoms with van der Waals surface area (Å²) in [7, 11) is 6.61. The summed E-state index contributed by atoms with van der Waals surface area (Å²) in [6.07, 6.45) is 3.84. The lowest BCUT2D eigenvalue weighted by Crippen LogP contribution is -2.39. The molecule has 0 aliphatic carbocycles. The predicted molar refractivity (Wildman–Crippen MR) is 191 cm³/mol. The molecule has 0 radical (unpaired) electrons. The van der Waals surface area contributed by atoms with Gasteiger partial charge in [0.15, 0.2) is 0 Å². The fraction of sp³-hybridized carbons (Fsp3) is 0.289. The maximum absolute atomic E-state index is 13.7. The monoisotopic (exact) mass is 723 g/mol. The van der Waals surface area contributed by atoms with Crippen LogP contribution in [0.25, 0.3) is 17.2 Å². The average Bonchev–Trinajstić information content (AvgIpc) is 3.10. The van der Waals surface area contributed by atoms with E-state index in [1.807, 2.05) is 51.1 Å². The van der Waals surface area contributed by atoms with Crippen molar-refractivity contribution in [1.29, 1.82) is 5.26 Å². The first-order chi connectivity index (χ1) is 23.4. The Balaban J connectivity index is 1.37. The summed E-state index contributed by atoms with van der Waals surface area (Å²) >= 11 is 3.32. The van der Waals surface area contributed by atoms with Crippen LogP contribution in [0.3, 0.4) is 0 Å². The molecule has 11 heteroatoms. The number of carbonyl (C=O) groups excluding carboxylic acids is 2. The van der Waals surface area contributed by atoms with Crippen molar-refractivity contribution < 1.29 is 19.1 Å². The number of carbonyl (C=O) groups is 2. The highest BCUT2D eigenvalue weighted by molar-refractivity contribution is 9.10. The minimum atomic E-state index is -0.363. The largest absolute Gasteiger partial charge is 0.496 e. The molecule has 0 bridgehead atoms. The Morgan fingerprint density at radius 3 is 2.43 bits per heavy atom. The van der Waals surface area contributed by atoms with Gasteiger partial charge in [0.1, 0.15) is 27.7 Å². The molecule has 0 saturated carbocycles. The highest BCUT2D eigenvalue weighted by Gasteiger charge is 2.30. The van der Waals surface area contributed by atoms with Crippen LogP contribution in [0.1, 0.15) is 56.8 Å². The molecule has 5 rings (SSSR count). The molecule has 0 spiro atoms. The second kappa shape index (κ2) is 14.5. The molecule has 3 heterocycles. The molecule has 0 N–H and O–H groups in total. The van der Waals surface area contributed by atoms with Crippen LogP contribution < -0.4 is 15.0 Å². The van der Waals surface area contributed by atoms with Gasteiger partial charge < -0.3 is 23.8 Å². The molecule has 252 valence electrons. The van der Waals surface area contributed by atoms with Crippen LogP contribution in [0.2, 0.25) is 0 Å². The van der Waals surface area contributed by atoms with Crippen molar-refractivity contribution in [3.8, 4) is 28.7 Å². The number of benzene rings is 2. The number of pyridine rings is 2. The van der Waals surface area contributed by atoms with Crippen molar-refractivity contribution in [3.63, 3.8) is 0 Å². The standard InChI is InChI=1S/C38H38BrN5O5/c1-22-23(2)36(45)42(4)20-31(22)27-17-33(48-6)32(34(18-27)49-7)21-43(5)37(46)26-11-12-30-24(3)44(14-13-25(30)15-26)38(47)28(19-40)16-29-9-8-10-35(39)41-29/h8-12,15-18,20,24H,13-14,21H2,1-7H3. The van der Waals surface area contributed by atoms with E-state index >= 15 is 0 Å². The number of hydrogen-bond acceptors (Lipinski definition) is 7. The Morgan fingerprint density at radius 2 is 1.80 bits per heavy atom. The minimum Gasteiger partial charge on any atom is -0.496 e. The summed E-state index contributed by atoms with van der Waals surface area (Å²) in [5.41, 5.74) is 6.89. The van der Waals surface area contributed by atoms with Gasteiger partial charge in [-0.15, -0.1) is 0 Å². The third-order valence-electron chi connectivity index (χ3n) is 9.16. The van der Waals surface area contributed by atoms with Crippen molar-refractivity contribution >= 4 is 33.8 Å². The summed E-state index contributed by atoms with van der Waals surface area (Å²) < 4.78 is 13.8. The van der Waals surface area contributed by atoms with E-state index in [2.05, 4.69) is 20.9 Å². The van der Waals surface area contributed by atoms with Gasteiger partial charge in [0.05, 0.1) is 38.1 Å². The molecule has 1 aliphatic rings. The molecule has 0 saturated heterocycles. The maximum Gasteiger partial charge on any atom is 0.265 e. The third-order valence-corrected chi connectivity index (χ3v) is 9.60. The maximum atomic E-state index is 13.7. The Hall–Kier alpha value is -5.21. The van der Waals surface area contributed by atoms with Crippen LogP contribution in [0.5, 0.6) is 11.5 Å². The van der Waals surface area contributed by atoms with Gasteiger partial charge in [0.2, 0.25) is 0 Å². The number of nitrogens with zero attached hydrogens (tertiary/aromatic N) is 5. The lowest BCUT2D eigenvalue weighted by Gasteiger charge is -2.35. The van der Waals surface area contributed by atoms with Gasteiger partial charge in [-0.1, -0.05) is 12.1 Å². The first kappa shape index (κ1) is 35.1. The van der Waals surface area contributed by atoms with Crippen LogP contribution in [0, 0.1) is 25.2 Å². The van der Waals surface area contributed by atoms with E-state index in [0.717, 1.165) is 27.8 Å². The van der Waals surface area contributed by atoms with E-state index in [0.29, 0.717) is 51.5 Å². The number of aromatic nitrogens is 2. The molecule has 1 unspecified atom stereocenters. The zero-order chi connectivity index (χ0) is 35.6. The van der Waals surface area contributed by atoms with E-state index in [4.69, 9.17) is 9.47 Å². The highest BCUT2D eigenvalue weighted by atomic mass is 79.9. The zero-order valence-corrected chi connectivity index (χ0v) is 30.2. The first-order valence-corrected chi connectivity index (χ1v) is 16.5. The smallest absolute Gasteiger partial charge is 0.265 e. The zero-order valence-electron chi connectivity index (χ0n) is 28.6. The van der Waals surface area contributed by atoms with Gasteiger partial charge in [0, 0.05) is 43.5 Å². The average molecular weight is 725 g/mol. The minimum absolute atomic E-state index is 0.00725. The molecule has 0 fully saturated rings. The summed E-state index contributed by atoms with van der Waals surface area (Å²) in [6, 6.07) is 16.4. The summed E-state index contributed by atoms with van der Waals surface area (Å²) in [5, 5.41) is 9.79. The van der Waals surface area contributed by atoms with E-state index in [1.165, 1.54) is 6.08 Å². The fourth-order valence-corrected chi connectivity index (χ4v) is 6.64. The Morgan fingerprint density at radius 1 is 1.10 bits per heavy atom. The third kappa shape index (κ3) is 7.01. The molecule has 2 aromatic heterocycles. The highest BCUT2D eigenvalue weighted by Crippen LogP contribution is 2.37. The fourth-order valence-electron chi connectivity index (χ4n) is 6.28. The lowest BCUT2D eigenvalue weighted by atomic mass is 9.91. The number of hydrogen-bond donors (Lipinski definition) is 0. The number of amides is 2. The second-order valence-corrected chi connectivity index (χ2v) is 12.9. The summed E-state index contributed by atoms with van der Waals surface area (Å²) in [5.74, 6) is 0.580. The van der Waals surface area contributed by atoms with Crippen molar-refractivity contribution in [2.24, 2.45) is 7.05 Å². The van der Waals surface area contributed by atoms with Crippen molar-refractivity contribution in [3.05, 3.63) is 114 Å². The normalized spacial score (nSPS) is 14.1. The molecule has 2 aromatic carbocycles. The quantitative estimate of drug-likeness (QED) is 0.121. The number of nitriles is 1. The van der Waals surface area contributed by atoms with E-state index in [1.54, 1.807) is 73.1 Å². The first-order valence-electron chi connectivity index (χ1n) is 15.7. The summed E-state index contributed by atoms with van der Waals surface area (Å²) in [6.45, 7) is 6.29. The SMILES string of the molecule is COc1cc(-c2cn(C)c(=O)c(C)c2C)cc(OC)c1CN(C)C(=O)c1ccc2c(c1)CCN(C(=O)C(C#N)=Cc1cccc(Br)n1)C2C.